The molecule has 90 valence electrons. The lowest BCUT2D eigenvalue weighted by Crippen LogP contribution is -2.07. The second-order valence-electron chi connectivity index (χ2n) is 4.28. The van der Waals surface area contributed by atoms with E-state index in [9.17, 15) is 4.79 Å². The van der Waals surface area contributed by atoms with Crippen LogP contribution in [-0.4, -0.2) is 16.0 Å². The fourth-order valence-electron chi connectivity index (χ4n) is 2.42. The highest BCUT2D eigenvalue weighted by molar-refractivity contribution is 6.11. The van der Waals surface area contributed by atoms with E-state index in [-0.39, 0.29) is 5.78 Å². The molecule has 0 saturated heterocycles. The van der Waals surface area contributed by atoms with Gasteiger partial charge in [0, 0.05) is 22.9 Å². The maximum atomic E-state index is 12.5. The Bertz CT molecular complexity index is 623. The van der Waals surface area contributed by atoms with Gasteiger partial charge in [-0.15, -0.1) is 0 Å². The van der Waals surface area contributed by atoms with Gasteiger partial charge in [-0.3, -0.25) is 15.5 Å². The van der Waals surface area contributed by atoms with Crippen molar-refractivity contribution in [3.05, 3.63) is 58.8 Å². The minimum Gasteiger partial charge on any atom is -0.290 e. The Hall–Kier alpha value is -2.20. The quantitative estimate of drug-likeness (QED) is 0.750. The number of carbonyl (C=O) groups excluding carboxylic acids is 1. The smallest absolute Gasteiger partial charge is 0.193 e. The van der Waals surface area contributed by atoms with Crippen LogP contribution in [0.15, 0.2) is 36.5 Å². The van der Waals surface area contributed by atoms with Gasteiger partial charge in [-0.05, 0) is 24.5 Å². The van der Waals surface area contributed by atoms with Crippen LogP contribution in [0.3, 0.4) is 0 Å². The number of rotatable bonds is 1. The fraction of sp³-hybridized carbons (Fsp3) is 0.143. The standard InChI is InChI=1S/C14H12N2O2/c17-13-10-4-2-1-3-9(10)5-6-12-11(13)7-8-15-14(12)16-18/h1-4,7-8,18H,5-6H2,(H,15,16). The van der Waals surface area contributed by atoms with E-state index in [1.165, 1.54) is 6.20 Å². The van der Waals surface area contributed by atoms with E-state index in [1.54, 1.807) is 6.07 Å². The molecule has 1 aliphatic rings. The average Bonchev–Trinajstić information content (AvgIpc) is 2.57. The summed E-state index contributed by atoms with van der Waals surface area (Å²) in [6.45, 7) is 0. The molecule has 1 heterocycles. The lowest BCUT2D eigenvalue weighted by atomic mass is 10.00. The van der Waals surface area contributed by atoms with Gasteiger partial charge in [-0.2, -0.15) is 0 Å². The minimum atomic E-state index is -0.00278. The first-order chi connectivity index (χ1) is 8.81. The second-order valence-corrected chi connectivity index (χ2v) is 4.28. The van der Waals surface area contributed by atoms with Gasteiger partial charge in [0.15, 0.2) is 11.6 Å². The number of aromatic nitrogens is 1. The summed E-state index contributed by atoms with van der Waals surface area (Å²) >= 11 is 0. The number of benzene rings is 1. The largest absolute Gasteiger partial charge is 0.290 e. The second kappa shape index (κ2) is 4.23. The molecule has 4 nitrogen and oxygen atoms in total. The number of pyridine rings is 1. The Morgan fingerprint density at radius 2 is 1.94 bits per heavy atom. The predicted octanol–water partition coefficient (Wildman–Crippen LogP) is 2.21. The van der Waals surface area contributed by atoms with Gasteiger partial charge in [-0.25, -0.2) is 4.98 Å². The number of hydrogen-bond acceptors (Lipinski definition) is 4. The predicted molar refractivity (Wildman–Crippen MR) is 66.9 cm³/mol. The third kappa shape index (κ3) is 1.58. The maximum absolute atomic E-state index is 12.5. The third-order valence-corrected chi connectivity index (χ3v) is 3.31. The monoisotopic (exact) mass is 240 g/mol. The molecule has 0 unspecified atom stereocenters. The molecule has 18 heavy (non-hydrogen) atoms. The summed E-state index contributed by atoms with van der Waals surface area (Å²) in [6, 6.07) is 9.33. The van der Waals surface area contributed by atoms with Crippen LogP contribution in [0.2, 0.25) is 0 Å². The Morgan fingerprint density at radius 1 is 1.11 bits per heavy atom. The number of nitrogens with one attached hydrogen (secondary N) is 1. The molecule has 1 aliphatic carbocycles. The number of anilines is 1. The van der Waals surface area contributed by atoms with Crippen LogP contribution in [0.25, 0.3) is 0 Å². The van der Waals surface area contributed by atoms with E-state index in [4.69, 9.17) is 5.21 Å². The van der Waals surface area contributed by atoms with Crippen molar-refractivity contribution in [2.24, 2.45) is 0 Å². The zero-order chi connectivity index (χ0) is 12.5. The van der Waals surface area contributed by atoms with Crippen molar-refractivity contribution in [2.45, 2.75) is 12.8 Å². The highest BCUT2D eigenvalue weighted by Gasteiger charge is 2.22. The molecule has 0 aliphatic heterocycles. The zero-order valence-electron chi connectivity index (χ0n) is 9.68. The lowest BCUT2D eigenvalue weighted by Gasteiger charge is -2.08. The summed E-state index contributed by atoms with van der Waals surface area (Å²) in [5.41, 5.74) is 5.25. The molecule has 2 aromatic rings. The van der Waals surface area contributed by atoms with E-state index in [0.29, 0.717) is 17.8 Å². The summed E-state index contributed by atoms with van der Waals surface area (Å²) in [6.07, 6.45) is 2.99. The molecule has 0 saturated carbocycles. The number of hydrogen-bond donors (Lipinski definition) is 2. The van der Waals surface area contributed by atoms with E-state index in [2.05, 4.69) is 10.5 Å². The maximum Gasteiger partial charge on any atom is 0.193 e. The molecule has 0 amide bonds. The first-order valence-electron chi connectivity index (χ1n) is 5.82. The van der Waals surface area contributed by atoms with E-state index in [1.807, 2.05) is 24.3 Å². The summed E-state index contributed by atoms with van der Waals surface area (Å²) < 4.78 is 0. The number of nitrogens with zero attached hydrogens (tertiary/aromatic N) is 1. The first kappa shape index (κ1) is 10.9. The molecule has 1 aromatic heterocycles. The number of fused-ring (bicyclic) bond motifs is 2. The molecule has 0 spiro atoms. The van der Waals surface area contributed by atoms with Crippen LogP contribution in [-0.2, 0) is 12.8 Å². The van der Waals surface area contributed by atoms with Crippen molar-refractivity contribution in [1.29, 1.82) is 0 Å². The van der Waals surface area contributed by atoms with Gasteiger partial charge in [0.25, 0.3) is 0 Å². The van der Waals surface area contributed by atoms with Crippen molar-refractivity contribution in [1.82, 2.24) is 4.98 Å². The van der Waals surface area contributed by atoms with Crippen LogP contribution in [0.4, 0.5) is 5.82 Å². The fourth-order valence-corrected chi connectivity index (χ4v) is 2.42. The van der Waals surface area contributed by atoms with Gasteiger partial charge in [0.1, 0.15) is 0 Å². The summed E-state index contributed by atoms with van der Waals surface area (Å²) in [5.74, 6) is 0.366. The Balaban J connectivity index is 2.21. The minimum absolute atomic E-state index is 0.00278. The van der Waals surface area contributed by atoms with Crippen molar-refractivity contribution in [2.75, 3.05) is 5.48 Å². The normalized spacial score (nSPS) is 13.5. The summed E-state index contributed by atoms with van der Waals surface area (Å²) in [7, 11) is 0. The molecule has 0 radical (unpaired) electrons. The molecular formula is C14H12N2O2. The molecule has 3 rings (SSSR count). The molecule has 0 fully saturated rings. The van der Waals surface area contributed by atoms with E-state index >= 15 is 0 Å². The Labute approximate surface area is 104 Å². The van der Waals surface area contributed by atoms with Crippen LogP contribution in [0.5, 0.6) is 0 Å². The summed E-state index contributed by atoms with van der Waals surface area (Å²) in [5, 5.41) is 9.06. The molecule has 4 heteroatoms. The van der Waals surface area contributed by atoms with Gasteiger partial charge in [-0.1, -0.05) is 24.3 Å². The van der Waals surface area contributed by atoms with Crippen LogP contribution in [0, 0.1) is 0 Å². The molecule has 0 bridgehead atoms. The number of carbonyl (C=O) groups is 1. The highest BCUT2D eigenvalue weighted by atomic mass is 16.5. The summed E-state index contributed by atoms with van der Waals surface area (Å²) in [4.78, 5) is 16.5. The first-order valence-corrected chi connectivity index (χ1v) is 5.82. The van der Waals surface area contributed by atoms with Crippen LogP contribution >= 0.6 is 0 Å². The average molecular weight is 240 g/mol. The third-order valence-electron chi connectivity index (χ3n) is 3.31. The molecule has 2 N–H and O–H groups in total. The van der Waals surface area contributed by atoms with Crippen molar-refractivity contribution in [3.8, 4) is 0 Å². The molecule has 0 atom stereocenters. The Morgan fingerprint density at radius 3 is 2.78 bits per heavy atom. The molecule has 1 aromatic carbocycles. The number of ketones is 1. The van der Waals surface area contributed by atoms with Crippen molar-refractivity contribution in [3.63, 3.8) is 0 Å². The van der Waals surface area contributed by atoms with Crippen LogP contribution in [0.1, 0.15) is 27.0 Å². The number of aryl methyl sites for hydroxylation is 1. The van der Waals surface area contributed by atoms with Crippen LogP contribution < -0.4 is 5.48 Å². The topological polar surface area (TPSA) is 62.2 Å². The lowest BCUT2D eigenvalue weighted by molar-refractivity contribution is 0.103. The van der Waals surface area contributed by atoms with Gasteiger partial charge in [0.05, 0.1) is 0 Å². The van der Waals surface area contributed by atoms with E-state index in [0.717, 1.165) is 23.1 Å². The SMILES string of the molecule is O=C1c2ccccc2CCc2c1ccnc2NO. The van der Waals surface area contributed by atoms with Gasteiger partial charge >= 0.3 is 0 Å². The zero-order valence-corrected chi connectivity index (χ0v) is 9.68. The highest BCUT2D eigenvalue weighted by Crippen LogP contribution is 2.27. The van der Waals surface area contributed by atoms with Crippen molar-refractivity contribution < 1.29 is 10.0 Å². The molecular weight excluding hydrogens is 228 g/mol. The van der Waals surface area contributed by atoms with Gasteiger partial charge in [0.2, 0.25) is 0 Å². The van der Waals surface area contributed by atoms with Crippen molar-refractivity contribution >= 4 is 11.6 Å². The van der Waals surface area contributed by atoms with E-state index < -0.39 is 0 Å². The van der Waals surface area contributed by atoms with Gasteiger partial charge < -0.3 is 0 Å². The Kier molecular flexibility index (Phi) is 2.57.